The number of benzene rings is 1. The molecular formula is C20H27N3O4S. The fourth-order valence-corrected chi connectivity index (χ4v) is 5.29. The minimum absolute atomic E-state index is 0.00152. The van der Waals surface area contributed by atoms with Gasteiger partial charge in [-0.2, -0.15) is 4.31 Å². The maximum absolute atomic E-state index is 12.8. The van der Waals surface area contributed by atoms with Crippen molar-refractivity contribution >= 4 is 15.9 Å². The van der Waals surface area contributed by atoms with E-state index >= 15 is 0 Å². The molecule has 1 aromatic heterocycles. The van der Waals surface area contributed by atoms with Gasteiger partial charge in [0, 0.05) is 25.6 Å². The number of piperidine rings is 1. The molecule has 3 rings (SSSR count). The number of nitrogens with zero attached hydrogens (tertiary/aromatic N) is 2. The largest absolute Gasteiger partial charge is 0.360 e. The summed E-state index contributed by atoms with van der Waals surface area (Å²) in [5, 5.41) is 6.78. The summed E-state index contributed by atoms with van der Waals surface area (Å²) in [7, 11) is -3.62. The van der Waals surface area contributed by atoms with Gasteiger partial charge in [-0.3, -0.25) is 4.79 Å². The molecule has 0 atom stereocenters. The second kappa shape index (κ2) is 8.45. The molecule has 1 aromatic carbocycles. The molecule has 1 amide bonds. The minimum Gasteiger partial charge on any atom is -0.360 e. The molecule has 1 N–H and O–H groups in total. The lowest BCUT2D eigenvalue weighted by atomic mass is 10.1. The van der Waals surface area contributed by atoms with Gasteiger partial charge in [-0.1, -0.05) is 35.0 Å². The van der Waals surface area contributed by atoms with E-state index < -0.39 is 10.0 Å². The summed E-state index contributed by atoms with van der Waals surface area (Å²) >= 11 is 0. The number of carbonyl (C=O) groups is 1. The second-order valence-corrected chi connectivity index (χ2v) is 9.26. The van der Waals surface area contributed by atoms with Crippen molar-refractivity contribution in [3.63, 3.8) is 0 Å². The van der Waals surface area contributed by atoms with E-state index in [0.29, 0.717) is 50.2 Å². The lowest BCUT2D eigenvalue weighted by Crippen LogP contribution is -2.46. The smallest absolute Gasteiger partial charge is 0.248 e. The predicted molar refractivity (Wildman–Crippen MR) is 105 cm³/mol. The highest BCUT2D eigenvalue weighted by molar-refractivity contribution is 7.89. The molecule has 0 bridgehead atoms. The molecular weight excluding hydrogens is 378 g/mol. The molecule has 28 heavy (non-hydrogen) atoms. The van der Waals surface area contributed by atoms with Crippen molar-refractivity contribution in [3.05, 3.63) is 46.8 Å². The molecule has 0 unspecified atom stereocenters. The van der Waals surface area contributed by atoms with Crippen molar-refractivity contribution < 1.29 is 17.7 Å². The van der Waals surface area contributed by atoms with Crippen LogP contribution in [0.5, 0.6) is 0 Å². The zero-order valence-corrected chi connectivity index (χ0v) is 17.4. The third kappa shape index (κ3) is 4.62. The van der Waals surface area contributed by atoms with Crippen molar-refractivity contribution in [1.29, 1.82) is 0 Å². The molecule has 2 heterocycles. The van der Waals surface area contributed by atoms with E-state index in [2.05, 4.69) is 10.5 Å². The van der Waals surface area contributed by atoms with E-state index in [4.69, 9.17) is 4.52 Å². The van der Waals surface area contributed by atoms with E-state index in [1.165, 1.54) is 9.87 Å². The van der Waals surface area contributed by atoms with Gasteiger partial charge in [0.15, 0.2) is 5.76 Å². The summed E-state index contributed by atoms with van der Waals surface area (Å²) in [4.78, 5) is 12.4. The van der Waals surface area contributed by atoms with E-state index in [9.17, 15) is 13.2 Å². The first kappa shape index (κ1) is 20.5. The minimum atomic E-state index is -3.62. The van der Waals surface area contributed by atoms with Gasteiger partial charge in [0.25, 0.3) is 0 Å². The van der Waals surface area contributed by atoms with Gasteiger partial charge in [-0.25, -0.2) is 8.42 Å². The summed E-state index contributed by atoms with van der Waals surface area (Å²) in [5.41, 5.74) is 2.72. The van der Waals surface area contributed by atoms with Crippen LogP contribution >= 0.6 is 0 Å². The third-order valence-corrected chi connectivity index (χ3v) is 7.29. The Hall–Kier alpha value is -2.19. The topological polar surface area (TPSA) is 92.5 Å². The van der Waals surface area contributed by atoms with Gasteiger partial charge in [-0.15, -0.1) is 0 Å². The number of hydrogen-bond donors (Lipinski definition) is 1. The van der Waals surface area contributed by atoms with Crippen LogP contribution in [0.1, 0.15) is 41.8 Å². The summed E-state index contributed by atoms with van der Waals surface area (Å²) < 4.78 is 32.1. The summed E-state index contributed by atoms with van der Waals surface area (Å²) in [6.07, 6.45) is 2.32. The first-order chi connectivity index (χ1) is 13.3. The van der Waals surface area contributed by atoms with E-state index in [1.54, 1.807) is 13.8 Å². The SMILES string of the molecule is Cc1ccc(CCC(=O)NC2CCN(S(=O)(=O)c3c(C)noc3C)CC2)cc1. The van der Waals surface area contributed by atoms with Crippen LogP contribution in [0.3, 0.4) is 0 Å². The average molecular weight is 406 g/mol. The average Bonchev–Trinajstić information content (AvgIpc) is 3.01. The van der Waals surface area contributed by atoms with Crippen LogP contribution in [0, 0.1) is 20.8 Å². The molecule has 8 heteroatoms. The Morgan fingerprint density at radius 1 is 1.18 bits per heavy atom. The van der Waals surface area contributed by atoms with Gasteiger partial charge < -0.3 is 9.84 Å². The van der Waals surface area contributed by atoms with E-state index in [0.717, 1.165) is 5.56 Å². The molecule has 1 aliphatic heterocycles. The van der Waals surface area contributed by atoms with Gasteiger partial charge >= 0.3 is 0 Å². The van der Waals surface area contributed by atoms with E-state index in [-0.39, 0.29) is 16.8 Å². The van der Waals surface area contributed by atoms with Gasteiger partial charge in [-0.05, 0) is 45.6 Å². The normalized spacial score (nSPS) is 16.2. The van der Waals surface area contributed by atoms with Gasteiger partial charge in [0.2, 0.25) is 15.9 Å². The van der Waals surface area contributed by atoms with Gasteiger partial charge in [0.1, 0.15) is 10.6 Å². The van der Waals surface area contributed by atoms with Gasteiger partial charge in [0.05, 0.1) is 0 Å². The Bertz CT molecular complexity index is 907. The number of hydrogen-bond acceptors (Lipinski definition) is 5. The van der Waals surface area contributed by atoms with Crippen LogP contribution in [0.2, 0.25) is 0 Å². The molecule has 0 saturated carbocycles. The van der Waals surface area contributed by atoms with Crippen LogP contribution in [0.25, 0.3) is 0 Å². The first-order valence-electron chi connectivity index (χ1n) is 9.55. The lowest BCUT2D eigenvalue weighted by Gasteiger charge is -2.31. The van der Waals surface area contributed by atoms with Crippen molar-refractivity contribution in [3.8, 4) is 0 Å². The highest BCUT2D eigenvalue weighted by Crippen LogP contribution is 2.26. The molecule has 1 saturated heterocycles. The fraction of sp³-hybridized carbons (Fsp3) is 0.500. The lowest BCUT2D eigenvalue weighted by molar-refractivity contribution is -0.122. The molecule has 1 fully saturated rings. The monoisotopic (exact) mass is 405 g/mol. The fourth-order valence-electron chi connectivity index (χ4n) is 3.52. The zero-order valence-electron chi connectivity index (χ0n) is 16.6. The number of aryl methyl sites for hydroxylation is 4. The van der Waals surface area contributed by atoms with Crippen molar-refractivity contribution in [2.75, 3.05) is 13.1 Å². The van der Waals surface area contributed by atoms with E-state index in [1.807, 2.05) is 31.2 Å². The molecule has 7 nitrogen and oxygen atoms in total. The maximum atomic E-state index is 12.8. The maximum Gasteiger partial charge on any atom is 0.248 e. The molecule has 2 aromatic rings. The Balaban J connectivity index is 1.50. The van der Waals surface area contributed by atoms with Crippen LogP contribution in [0.15, 0.2) is 33.7 Å². The Morgan fingerprint density at radius 2 is 1.82 bits per heavy atom. The highest BCUT2D eigenvalue weighted by atomic mass is 32.2. The molecule has 1 aliphatic rings. The Labute approximate surface area is 166 Å². The van der Waals surface area contributed by atoms with Crippen LogP contribution in [0.4, 0.5) is 0 Å². The number of carbonyl (C=O) groups excluding carboxylic acids is 1. The number of rotatable bonds is 6. The predicted octanol–water partition coefficient (Wildman–Crippen LogP) is 2.50. The molecule has 152 valence electrons. The Kier molecular flexibility index (Phi) is 6.20. The summed E-state index contributed by atoms with van der Waals surface area (Å²) in [6, 6.07) is 8.17. The van der Waals surface area contributed by atoms with Crippen LogP contribution < -0.4 is 5.32 Å². The van der Waals surface area contributed by atoms with Crippen molar-refractivity contribution in [1.82, 2.24) is 14.8 Å². The quantitative estimate of drug-likeness (QED) is 0.797. The second-order valence-electron chi connectivity index (χ2n) is 7.38. The number of amides is 1. The molecule has 0 spiro atoms. The standard InChI is InChI=1S/C20H27N3O4S/c1-14-4-6-17(7-5-14)8-9-19(24)21-18-10-12-23(13-11-18)28(25,26)20-15(2)22-27-16(20)3/h4-7,18H,8-13H2,1-3H3,(H,21,24). The van der Waals surface area contributed by atoms with Crippen molar-refractivity contribution in [2.45, 2.75) is 57.4 Å². The summed E-state index contributed by atoms with van der Waals surface area (Å²) in [5.74, 6) is 0.316. The zero-order chi connectivity index (χ0) is 20.3. The third-order valence-electron chi connectivity index (χ3n) is 5.15. The molecule has 0 aliphatic carbocycles. The number of nitrogens with one attached hydrogen (secondary N) is 1. The van der Waals surface area contributed by atoms with Crippen LogP contribution in [-0.4, -0.2) is 42.9 Å². The number of sulfonamides is 1. The van der Waals surface area contributed by atoms with Crippen molar-refractivity contribution in [2.24, 2.45) is 0 Å². The molecule has 0 radical (unpaired) electrons. The van der Waals surface area contributed by atoms with Crippen LogP contribution in [-0.2, 0) is 21.2 Å². The first-order valence-corrected chi connectivity index (χ1v) is 11.0. The number of aromatic nitrogens is 1. The summed E-state index contributed by atoms with van der Waals surface area (Å²) in [6.45, 7) is 6.01. The Morgan fingerprint density at radius 3 is 2.39 bits per heavy atom. The highest BCUT2D eigenvalue weighted by Gasteiger charge is 2.34.